The van der Waals surface area contributed by atoms with E-state index in [0.717, 1.165) is 11.8 Å². The molecule has 1 aromatic rings. The van der Waals surface area contributed by atoms with Crippen LogP contribution in [0.4, 0.5) is 5.69 Å². The molecule has 22 heavy (non-hydrogen) atoms. The van der Waals surface area contributed by atoms with Gasteiger partial charge in [0.15, 0.2) is 0 Å². The first-order valence-electron chi connectivity index (χ1n) is 9.07. The van der Waals surface area contributed by atoms with Crippen LogP contribution in [0.15, 0.2) is 6.07 Å². The molecule has 0 amide bonds. The lowest BCUT2D eigenvalue weighted by atomic mass is 9.78. The van der Waals surface area contributed by atoms with Gasteiger partial charge in [0.25, 0.3) is 0 Å². The summed E-state index contributed by atoms with van der Waals surface area (Å²) in [5.41, 5.74) is 7.68. The van der Waals surface area contributed by atoms with Crippen LogP contribution in [0, 0.1) is 25.7 Å². The molecule has 0 unspecified atom stereocenters. The van der Waals surface area contributed by atoms with Crippen molar-refractivity contribution in [2.75, 3.05) is 11.4 Å². The van der Waals surface area contributed by atoms with Gasteiger partial charge in [-0.3, -0.25) is 0 Å². The molecular weight excluding hydrogens is 266 g/mol. The number of benzene rings is 1. The molecule has 124 valence electrons. The average Bonchev–Trinajstić information content (AvgIpc) is 2.53. The smallest absolute Gasteiger partial charge is 0.0442 e. The zero-order chi connectivity index (χ0) is 16.8. The summed E-state index contributed by atoms with van der Waals surface area (Å²) in [6, 6.07) is 3.00. The van der Waals surface area contributed by atoms with Gasteiger partial charge in [-0.1, -0.05) is 40.7 Å². The maximum absolute atomic E-state index is 2.68. The summed E-state index contributed by atoms with van der Waals surface area (Å²) < 4.78 is 0. The van der Waals surface area contributed by atoms with Crippen LogP contribution in [-0.2, 0) is 0 Å². The Morgan fingerprint density at radius 1 is 1.05 bits per heavy atom. The molecule has 1 aliphatic rings. The quantitative estimate of drug-likeness (QED) is 0.644. The predicted octanol–water partition coefficient (Wildman–Crippen LogP) is 6.03. The van der Waals surface area contributed by atoms with Crippen molar-refractivity contribution < 1.29 is 0 Å². The highest BCUT2D eigenvalue weighted by molar-refractivity contribution is 5.67. The Balaban J connectivity index is 2.81. The van der Waals surface area contributed by atoms with E-state index in [-0.39, 0.29) is 0 Å². The van der Waals surface area contributed by atoms with E-state index in [1.54, 1.807) is 16.8 Å². The minimum absolute atomic E-state index is 0.554. The van der Waals surface area contributed by atoms with Gasteiger partial charge in [-0.25, -0.2) is 0 Å². The van der Waals surface area contributed by atoms with E-state index in [0.29, 0.717) is 17.9 Å². The van der Waals surface area contributed by atoms with E-state index in [1.165, 1.54) is 17.7 Å². The van der Waals surface area contributed by atoms with Gasteiger partial charge in [-0.15, -0.1) is 0 Å². The molecule has 0 aliphatic carbocycles. The summed E-state index contributed by atoms with van der Waals surface area (Å²) in [5.74, 6) is 2.66. The van der Waals surface area contributed by atoms with E-state index in [2.05, 4.69) is 73.3 Å². The van der Waals surface area contributed by atoms with Crippen molar-refractivity contribution in [3.63, 3.8) is 0 Å². The maximum atomic E-state index is 2.68. The van der Waals surface area contributed by atoms with Gasteiger partial charge in [-0.2, -0.15) is 0 Å². The molecule has 0 spiro atoms. The largest absolute Gasteiger partial charge is 0.368 e. The van der Waals surface area contributed by atoms with Gasteiger partial charge in [0.05, 0.1) is 0 Å². The highest BCUT2D eigenvalue weighted by Gasteiger charge is 2.34. The van der Waals surface area contributed by atoms with E-state index in [4.69, 9.17) is 0 Å². The van der Waals surface area contributed by atoms with E-state index in [1.807, 2.05) is 0 Å². The monoisotopic (exact) mass is 301 g/mol. The van der Waals surface area contributed by atoms with Crippen LogP contribution >= 0.6 is 0 Å². The Labute approximate surface area is 138 Å². The first-order valence-corrected chi connectivity index (χ1v) is 9.07. The van der Waals surface area contributed by atoms with Crippen molar-refractivity contribution >= 4 is 5.69 Å². The fraction of sp³-hybridized carbons (Fsp3) is 0.714. The van der Waals surface area contributed by atoms with Crippen LogP contribution in [0.25, 0.3) is 0 Å². The standard InChI is InChI=1S/C21H35N/c1-12(2)19-10-14(5)17(8)20-18(9)16(7)15(6)11-22(13(3)4)21(19)20/h10,12-13,15-16,18H,11H2,1-9H3/t15-,16-,18-/m0/s1. The number of fused-ring (bicyclic) bond motifs is 1. The molecule has 0 saturated heterocycles. The number of anilines is 1. The van der Waals surface area contributed by atoms with Crippen LogP contribution in [-0.4, -0.2) is 12.6 Å². The summed E-state index contributed by atoms with van der Waals surface area (Å²) in [4.78, 5) is 2.68. The third-order valence-electron chi connectivity index (χ3n) is 6.05. The summed E-state index contributed by atoms with van der Waals surface area (Å²) >= 11 is 0. The maximum Gasteiger partial charge on any atom is 0.0442 e. The zero-order valence-corrected chi connectivity index (χ0v) is 16.1. The van der Waals surface area contributed by atoms with E-state index in [9.17, 15) is 0 Å². The SMILES string of the molecule is Cc1cc(C(C)C)c2c(c1C)[C@@H](C)[C@@H](C)[C@@H](C)CN2C(C)C. The summed E-state index contributed by atoms with van der Waals surface area (Å²) in [7, 11) is 0. The van der Waals surface area contributed by atoms with Gasteiger partial charge < -0.3 is 4.90 Å². The molecular formula is C21H35N. The Hall–Kier alpha value is -0.980. The molecule has 0 saturated carbocycles. The lowest BCUT2D eigenvalue weighted by Crippen LogP contribution is -2.36. The molecule has 3 atom stereocenters. The number of aryl methyl sites for hydroxylation is 1. The highest BCUT2D eigenvalue weighted by atomic mass is 15.2. The number of hydrogen-bond acceptors (Lipinski definition) is 1. The first kappa shape index (κ1) is 17.4. The molecule has 1 aromatic carbocycles. The van der Waals surface area contributed by atoms with Crippen molar-refractivity contribution in [1.82, 2.24) is 0 Å². The minimum atomic E-state index is 0.554. The van der Waals surface area contributed by atoms with Gasteiger partial charge in [-0.05, 0) is 73.6 Å². The molecule has 1 heteroatoms. The summed E-state index contributed by atoms with van der Waals surface area (Å²) in [5, 5.41) is 0. The molecule has 1 heterocycles. The molecule has 0 radical (unpaired) electrons. The zero-order valence-electron chi connectivity index (χ0n) is 16.1. The fourth-order valence-electron chi connectivity index (χ4n) is 4.07. The third-order valence-corrected chi connectivity index (χ3v) is 6.05. The second kappa shape index (κ2) is 6.26. The van der Waals surface area contributed by atoms with Crippen LogP contribution in [0.3, 0.4) is 0 Å². The molecule has 2 rings (SSSR count). The first-order chi connectivity index (χ1) is 10.2. The molecule has 1 aliphatic heterocycles. The van der Waals surface area contributed by atoms with Gasteiger partial charge in [0.1, 0.15) is 0 Å². The Bertz CT molecular complexity index is 541. The van der Waals surface area contributed by atoms with Gasteiger partial charge >= 0.3 is 0 Å². The molecule has 0 fully saturated rings. The predicted molar refractivity (Wildman–Crippen MR) is 99.2 cm³/mol. The van der Waals surface area contributed by atoms with Crippen molar-refractivity contribution in [2.24, 2.45) is 11.8 Å². The fourth-order valence-corrected chi connectivity index (χ4v) is 4.07. The van der Waals surface area contributed by atoms with Crippen molar-refractivity contribution in [3.05, 3.63) is 28.3 Å². The average molecular weight is 302 g/mol. The summed E-state index contributed by atoms with van der Waals surface area (Å²) in [6.07, 6.45) is 0. The second-order valence-corrected chi connectivity index (χ2v) is 8.20. The highest BCUT2D eigenvalue weighted by Crippen LogP contribution is 2.46. The van der Waals surface area contributed by atoms with Crippen LogP contribution in [0.1, 0.15) is 82.6 Å². The van der Waals surface area contributed by atoms with Crippen LogP contribution < -0.4 is 4.90 Å². The van der Waals surface area contributed by atoms with Crippen molar-refractivity contribution in [2.45, 2.75) is 80.2 Å². The van der Waals surface area contributed by atoms with Crippen molar-refractivity contribution in [1.29, 1.82) is 0 Å². The molecule has 0 N–H and O–H groups in total. The number of rotatable bonds is 2. The molecule has 0 bridgehead atoms. The van der Waals surface area contributed by atoms with Crippen LogP contribution in [0.5, 0.6) is 0 Å². The van der Waals surface area contributed by atoms with E-state index < -0.39 is 0 Å². The molecule has 0 aromatic heterocycles. The molecule has 1 nitrogen and oxygen atoms in total. The Morgan fingerprint density at radius 2 is 1.64 bits per heavy atom. The number of hydrogen-bond donors (Lipinski definition) is 0. The van der Waals surface area contributed by atoms with Gasteiger partial charge in [0, 0.05) is 18.3 Å². The lowest BCUT2D eigenvalue weighted by molar-refractivity contribution is 0.346. The number of nitrogens with zero attached hydrogens (tertiary/aromatic N) is 1. The Morgan fingerprint density at radius 3 is 2.14 bits per heavy atom. The topological polar surface area (TPSA) is 3.24 Å². The minimum Gasteiger partial charge on any atom is -0.368 e. The van der Waals surface area contributed by atoms with Crippen LogP contribution in [0.2, 0.25) is 0 Å². The van der Waals surface area contributed by atoms with Gasteiger partial charge in [0.2, 0.25) is 0 Å². The lowest BCUT2D eigenvalue weighted by Gasteiger charge is -2.35. The summed E-state index contributed by atoms with van der Waals surface area (Å²) in [6.45, 7) is 22.5. The second-order valence-electron chi connectivity index (χ2n) is 8.20. The normalized spacial score (nSPS) is 25.6. The van der Waals surface area contributed by atoms with E-state index >= 15 is 0 Å². The Kier molecular flexibility index (Phi) is 4.94. The van der Waals surface area contributed by atoms with Crippen molar-refractivity contribution in [3.8, 4) is 0 Å². The third kappa shape index (κ3) is 2.79.